The van der Waals surface area contributed by atoms with Gasteiger partial charge < -0.3 is 19.4 Å². The van der Waals surface area contributed by atoms with Crippen molar-refractivity contribution in [2.24, 2.45) is 4.99 Å². The van der Waals surface area contributed by atoms with Gasteiger partial charge in [0.2, 0.25) is 0 Å². The van der Waals surface area contributed by atoms with Crippen LogP contribution < -0.4 is 10.4 Å². The van der Waals surface area contributed by atoms with Gasteiger partial charge in [-0.2, -0.15) is 0 Å². The van der Waals surface area contributed by atoms with Crippen LogP contribution in [-0.2, 0) is 9.59 Å². The third kappa shape index (κ3) is 3.11. The first-order valence-electron chi connectivity index (χ1n) is 6.06. The number of fused-ring (bicyclic) bond motifs is 1. The summed E-state index contributed by atoms with van der Waals surface area (Å²) >= 11 is 0. The van der Waals surface area contributed by atoms with Crippen LogP contribution in [0.1, 0.15) is 6.42 Å². The van der Waals surface area contributed by atoms with Gasteiger partial charge in [0.25, 0.3) is 0 Å². The average molecular weight is 305 g/mol. The van der Waals surface area contributed by atoms with E-state index in [0.717, 1.165) is 0 Å². The number of para-hydroxylation sites is 1. The zero-order valence-electron chi connectivity index (χ0n) is 11.4. The summed E-state index contributed by atoms with van der Waals surface area (Å²) in [5.74, 6) is -2.55. The summed E-state index contributed by atoms with van der Waals surface area (Å²) in [7, 11) is 1.41. The van der Waals surface area contributed by atoms with Crippen LogP contribution in [0.2, 0.25) is 0 Å². The number of hydrogen-bond donors (Lipinski definition) is 2. The highest BCUT2D eigenvalue weighted by molar-refractivity contribution is 6.39. The second kappa shape index (κ2) is 6.08. The van der Waals surface area contributed by atoms with E-state index < -0.39 is 29.7 Å². The predicted molar refractivity (Wildman–Crippen MR) is 76.0 cm³/mol. The number of nitrogens with zero attached hydrogens (tertiary/aromatic N) is 1. The van der Waals surface area contributed by atoms with Gasteiger partial charge in [0.05, 0.1) is 13.5 Å². The van der Waals surface area contributed by atoms with Crippen LogP contribution in [0.15, 0.2) is 38.5 Å². The zero-order chi connectivity index (χ0) is 16.3. The van der Waals surface area contributed by atoms with Gasteiger partial charge >= 0.3 is 17.6 Å². The molecule has 2 aromatic rings. The lowest BCUT2D eigenvalue weighted by Gasteiger charge is -2.04. The number of ether oxygens (including phenoxy) is 1. The van der Waals surface area contributed by atoms with Crippen molar-refractivity contribution in [1.29, 1.82) is 0 Å². The SMILES string of the molecule is COc1cccc2cc(N=C(CC(=O)O)C(=O)O)c(=O)oc12. The molecule has 1 aromatic carbocycles. The predicted octanol–water partition coefficient (Wildman–Crippen LogP) is 1.43. The smallest absolute Gasteiger partial charge is 0.362 e. The standard InChI is InChI=1S/C14H11NO7/c1-21-10-4-2-3-7-5-9(14(20)22-12(7)10)15-8(13(18)19)6-11(16)17/h2-5H,6H2,1H3,(H,16,17)(H,18,19). The number of methoxy groups -OCH3 is 1. The van der Waals surface area contributed by atoms with Gasteiger partial charge in [0.15, 0.2) is 11.3 Å². The molecule has 0 bridgehead atoms. The Morgan fingerprint density at radius 1 is 1.32 bits per heavy atom. The highest BCUT2D eigenvalue weighted by Gasteiger charge is 2.16. The number of hydrogen-bond acceptors (Lipinski definition) is 6. The first kappa shape index (κ1) is 15.2. The van der Waals surface area contributed by atoms with Gasteiger partial charge in [-0.25, -0.2) is 14.6 Å². The van der Waals surface area contributed by atoms with E-state index in [2.05, 4.69) is 4.99 Å². The first-order valence-corrected chi connectivity index (χ1v) is 6.06. The largest absolute Gasteiger partial charge is 0.493 e. The fourth-order valence-corrected chi connectivity index (χ4v) is 1.80. The van der Waals surface area contributed by atoms with Gasteiger partial charge in [-0.1, -0.05) is 12.1 Å². The van der Waals surface area contributed by atoms with E-state index in [1.165, 1.54) is 13.2 Å². The van der Waals surface area contributed by atoms with Gasteiger partial charge in [-0.05, 0) is 12.1 Å². The van der Waals surface area contributed by atoms with Crippen molar-refractivity contribution in [2.45, 2.75) is 6.42 Å². The molecule has 0 aliphatic rings. The Morgan fingerprint density at radius 2 is 2.05 bits per heavy atom. The minimum absolute atomic E-state index is 0.198. The topological polar surface area (TPSA) is 126 Å². The fourth-order valence-electron chi connectivity index (χ4n) is 1.80. The van der Waals surface area contributed by atoms with E-state index in [9.17, 15) is 14.4 Å². The van der Waals surface area contributed by atoms with Crippen LogP contribution in [0.5, 0.6) is 5.75 Å². The molecule has 2 N–H and O–H groups in total. The van der Waals surface area contributed by atoms with Gasteiger partial charge in [0.1, 0.15) is 11.4 Å². The van der Waals surface area contributed by atoms with E-state index in [1.807, 2.05) is 0 Å². The second-order valence-corrected chi connectivity index (χ2v) is 4.23. The molecule has 8 nitrogen and oxygen atoms in total. The van der Waals surface area contributed by atoms with Gasteiger partial charge in [-0.3, -0.25) is 4.79 Å². The van der Waals surface area contributed by atoms with Gasteiger partial charge in [-0.15, -0.1) is 0 Å². The Balaban J connectivity index is 2.61. The molecule has 1 heterocycles. The summed E-state index contributed by atoms with van der Waals surface area (Å²) in [6.45, 7) is 0. The lowest BCUT2D eigenvalue weighted by molar-refractivity contribution is -0.137. The summed E-state index contributed by atoms with van der Waals surface area (Å²) in [4.78, 5) is 37.1. The van der Waals surface area contributed by atoms with Crippen LogP contribution in [-0.4, -0.2) is 35.0 Å². The number of aliphatic imine (C=N–C) groups is 1. The van der Waals surface area contributed by atoms with Crippen molar-refractivity contribution >= 4 is 34.3 Å². The highest BCUT2D eigenvalue weighted by atomic mass is 16.5. The zero-order valence-corrected chi connectivity index (χ0v) is 11.4. The summed E-state index contributed by atoms with van der Waals surface area (Å²) in [6, 6.07) is 6.19. The molecule has 1 aromatic heterocycles. The number of benzene rings is 1. The van der Waals surface area contributed by atoms with E-state index in [4.69, 9.17) is 19.4 Å². The Labute approximate surface area is 123 Å². The molecule has 0 radical (unpaired) electrons. The quantitative estimate of drug-likeness (QED) is 0.632. The monoisotopic (exact) mass is 305 g/mol. The molecule has 0 atom stereocenters. The normalized spacial score (nSPS) is 11.4. The molecule has 0 aliphatic heterocycles. The first-order chi connectivity index (χ1) is 10.4. The third-order valence-electron chi connectivity index (χ3n) is 2.75. The van der Waals surface area contributed by atoms with Crippen molar-refractivity contribution < 1.29 is 29.0 Å². The van der Waals surface area contributed by atoms with Crippen molar-refractivity contribution in [2.75, 3.05) is 7.11 Å². The molecule has 8 heteroatoms. The summed E-state index contributed by atoms with van der Waals surface area (Å²) < 4.78 is 10.1. The molecule has 0 unspecified atom stereocenters. The maximum absolute atomic E-state index is 11.9. The lowest BCUT2D eigenvalue weighted by atomic mass is 10.2. The van der Waals surface area contributed by atoms with Crippen LogP contribution in [0.3, 0.4) is 0 Å². The van der Waals surface area contributed by atoms with Crippen LogP contribution in [0, 0.1) is 0 Å². The molecule has 114 valence electrons. The molecule has 0 saturated heterocycles. The Morgan fingerprint density at radius 3 is 2.64 bits per heavy atom. The number of carboxylic acid groups (broad SMARTS) is 2. The highest BCUT2D eigenvalue weighted by Crippen LogP contribution is 2.26. The molecule has 0 spiro atoms. The molecule has 0 aliphatic carbocycles. The van der Waals surface area contributed by atoms with Gasteiger partial charge in [0, 0.05) is 5.39 Å². The Kier molecular flexibility index (Phi) is 4.21. The van der Waals surface area contributed by atoms with E-state index in [1.54, 1.807) is 18.2 Å². The average Bonchev–Trinajstić information content (AvgIpc) is 2.46. The number of rotatable bonds is 5. The number of carboxylic acids is 2. The molecular formula is C14H11NO7. The second-order valence-electron chi connectivity index (χ2n) is 4.23. The maximum atomic E-state index is 11.9. The summed E-state index contributed by atoms with van der Waals surface area (Å²) in [5.41, 5.74) is -1.65. The molecule has 0 fully saturated rings. The third-order valence-corrected chi connectivity index (χ3v) is 2.75. The summed E-state index contributed by atoms with van der Waals surface area (Å²) in [5, 5.41) is 18.1. The van der Waals surface area contributed by atoms with Crippen molar-refractivity contribution in [3.8, 4) is 5.75 Å². The van der Waals surface area contributed by atoms with Crippen LogP contribution in [0.4, 0.5) is 5.69 Å². The minimum Gasteiger partial charge on any atom is -0.493 e. The lowest BCUT2D eigenvalue weighted by Crippen LogP contribution is -2.17. The van der Waals surface area contributed by atoms with Crippen molar-refractivity contribution in [3.05, 3.63) is 34.7 Å². The Bertz CT molecular complexity index is 835. The van der Waals surface area contributed by atoms with Crippen LogP contribution in [0.25, 0.3) is 11.0 Å². The van der Waals surface area contributed by atoms with E-state index in [0.29, 0.717) is 11.1 Å². The number of carbonyl (C=O) groups is 2. The van der Waals surface area contributed by atoms with E-state index in [-0.39, 0.29) is 11.3 Å². The summed E-state index contributed by atoms with van der Waals surface area (Å²) in [6.07, 6.45) is -0.815. The van der Waals surface area contributed by atoms with Crippen LogP contribution >= 0.6 is 0 Å². The molecule has 0 amide bonds. The molecule has 22 heavy (non-hydrogen) atoms. The van der Waals surface area contributed by atoms with Crippen molar-refractivity contribution in [3.63, 3.8) is 0 Å². The molecular weight excluding hydrogens is 294 g/mol. The number of aliphatic carboxylic acids is 2. The minimum atomic E-state index is -1.52. The Hall–Kier alpha value is -3.16. The fraction of sp³-hybridized carbons (Fsp3) is 0.143. The molecule has 0 saturated carbocycles. The van der Waals surface area contributed by atoms with E-state index >= 15 is 0 Å². The molecule has 2 rings (SSSR count). The van der Waals surface area contributed by atoms with Crippen molar-refractivity contribution in [1.82, 2.24) is 0 Å². The maximum Gasteiger partial charge on any atom is 0.362 e.